The van der Waals surface area contributed by atoms with Gasteiger partial charge in [0.05, 0.1) is 22.0 Å². The fourth-order valence-electron chi connectivity index (χ4n) is 2.63. The Morgan fingerprint density at radius 3 is 1.79 bits per heavy atom. The monoisotopic (exact) mass is 362 g/mol. The first-order chi connectivity index (χ1) is 11.7. The number of hydrogen-bond donors (Lipinski definition) is 2. The molecule has 2 N–H and O–H groups in total. The van der Waals surface area contributed by atoms with Crippen molar-refractivity contribution >= 4 is 14.3 Å². The van der Waals surface area contributed by atoms with Crippen molar-refractivity contribution < 1.29 is 19.5 Å². The topological polar surface area (TPSA) is 66.8 Å². The van der Waals surface area contributed by atoms with Gasteiger partial charge in [-0.05, 0) is 6.42 Å². The average Bonchev–Trinajstić information content (AvgIpc) is 2.58. The lowest BCUT2D eigenvalue weighted by molar-refractivity contribution is -0.112. The second-order valence-corrected chi connectivity index (χ2v) is 7.72. The second-order valence-electron chi connectivity index (χ2n) is 6.67. The minimum Gasteiger partial charge on any atom is -0.394 e. The molecular formula is C19H39O4P. The van der Waals surface area contributed by atoms with Gasteiger partial charge in [-0.15, -0.1) is 0 Å². The van der Waals surface area contributed by atoms with E-state index in [9.17, 15) is 4.79 Å². The van der Waals surface area contributed by atoms with E-state index in [4.69, 9.17) is 14.7 Å². The van der Waals surface area contributed by atoms with Crippen LogP contribution >= 0.6 is 8.81 Å². The van der Waals surface area contributed by atoms with Gasteiger partial charge in [-0.2, -0.15) is 0 Å². The summed E-state index contributed by atoms with van der Waals surface area (Å²) in [5, 5.41) is 17.7. The zero-order chi connectivity index (χ0) is 17.9. The summed E-state index contributed by atoms with van der Waals surface area (Å²) < 4.78 is 5.08. The van der Waals surface area contributed by atoms with Gasteiger partial charge in [-0.25, -0.2) is 0 Å². The van der Waals surface area contributed by atoms with Crippen LogP contribution < -0.4 is 0 Å². The zero-order valence-electron chi connectivity index (χ0n) is 15.6. The van der Waals surface area contributed by atoms with Crippen molar-refractivity contribution in [1.82, 2.24) is 0 Å². The van der Waals surface area contributed by atoms with E-state index in [0.29, 0.717) is 6.42 Å². The molecule has 0 rings (SSSR count). The highest BCUT2D eigenvalue weighted by molar-refractivity contribution is 7.53. The number of carbonyl (C=O) groups excluding carboxylic acids is 1. The first-order valence-electron chi connectivity index (χ1n) is 9.90. The summed E-state index contributed by atoms with van der Waals surface area (Å²) in [6.07, 6.45) is 16.6. The van der Waals surface area contributed by atoms with Gasteiger partial charge >= 0.3 is 0 Å². The molecule has 0 aliphatic heterocycles. The molecule has 0 saturated carbocycles. The van der Waals surface area contributed by atoms with Crippen molar-refractivity contribution in [2.45, 2.75) is 103 Å². The van der Waals surface area contributed by atoms with E-state index in [-0.39, 0.29) is 27.5 Å². The normalized spacial score (nSPS) is 13.0. The molecule has 0 saturated heterocycles. The molecule has 0 bridgehead atoms. The Bertz CT molecular complexity index is 274. The van der Waals surface area contributed by atoms with Gasteiger partial charge in [-0.3, -0.25) is 4.79 Å². The van der Waals surface area contributed by atoms with Crippen molar-refractivity contribution in [2.24, 2.45) is 0 Å². The second kappa shape index (κ2) is 19.3. The van der Waals surface area contributed by atoms with Gasteiger partial charge in [0.15, 0.2) is 5.52 Å². The minimum absolute atomic E-state index is 0.0410. The fourth-order valence-corrected chi connectivity index (χ4v) is 3.34. The van der Waals surface area contributed by atoms with Crippen LogP contribution in [-0.2, 0) is 9.32 Å². The maximum absolute atomic E-state index is 11.6. The third-order valence-corrected chi connectivity index (χ3v) is 4.97. The average molecular weight is 362 g/mol. The zero-order valence-corrected chi connectivity index (χ0v) is 16.6. The Balaban J connectivity index is 3.15. The van der Waals surface area contributed by atoms with E-state index < -0.39 is 6.10 Å². The SMILES string of the molecule is CCCCCCCCCCCCCCCC(=O)POCC(O)CO. The summed E-state index contributed by atoms with van der Waals surface area (Å²) in [7, 11) is -0.197. The molecule has 0 aromatic rings. The Labute approximate surface area is 150 Å². The molecule has 2 atom stereocenters. The van der Waals surface area contributed by atoms with Crippen molar-refractivity contribution in [3.05, 3.63) is 0 Å². The molecule has 5 heteroatoms. The van der Waals surface area contributed by atoms with E-state index in [1.165, 1.54) is 70.6 Å². The number of carbonyl (C=O) groups is 1. The van der Waals surface area contributed by atoms with Gasteiger partial charge in [-0.1, -0.05) is 84.0 Å². The van der Waals surface area contributed by atoms with Crippen LogP contribution in [0.25, 0.3) is 0 Å². The lowest BCUT2D eigenvalue weighted by atomic mass is 10.0. The van der Waals surface area contributed by atoms with Crippen molar-refractivity contribution in [3.8, 4) is 0 Å². The number of aliphatic hydroxyl groups excluding tert-OH is 2. The van der Waals surface area contributed by atoms with Crippen LogP contribution in [0.4, 0.5) is 0 Å². The highest BCUT2D eigenvalue weighted by Gasteiger charge is 2.06. The number of rotatable bonds is 19. The maximum atomic E-state index is 11.6. The van der Waals surface area contributed by atoms with Crippen LogP contribution in [0, 0.1) is 0 Å². The Kier molecular flexibility index (Phi) is 19.3. The molecule has 0 radical (unpaired) electrons. The number of aliphatic hydroxyl groups is 2. The first-order valence-corrected chi connectivity index (χ1v) is 10.8. The Morgan fingerprint density at radius 1 is 0.875 bits per heavy atom. The standard InChI is InChI=1S/C19H39O4P/c1-2-3-4-5-6-7-8-9-10-11-12-13-14-15-19(22)24-23-17-18(21)16-20/h18,20-21,24H,2-17H2,1H3. The van der Waals surface area contributed by atoms with E-state index in [2.05, 4.69) is 6.92 Å². The predicted octanol–water partition coefficient (Wildman–Crippen LogP) is 4.96. The first kappa shape index (κ1) is 24.0. The highest BCUT2D eigenvalue weighted by atomic mass is 31.1. The summed E-state index contributed by atoms with van der Waals surface area (Å²) in [6, 6.07) is 0. The minimum atomic E-state index is -0.873. The highest BCUT2D eigenvalue weighted by Crippen LogP contribution is 2.19. The van der Waals surface area contributed by atoms with Gasteiger partial charge in [0.1, 0.15) is 6.10 Å². The van der Waals surface area contributed by atoms with Crippen LogP contribution in [0.3, 0.4) is 0 Å². The third kappa shape index (κ3) is 18.3. The molecule has 144 valence electrons. The number of unbranched alkanes of at least 4 members (excludes halogenated alkanes) is 12. The van der Waals surface area contributed by atoms with Crippen LogP contribution in [-0.4, -0.2) is 35.1 Å². The smallest absolute Gasteiger partial charge is 0.178 e. The number of hydrogen-bond acceptors (Lipinski definition) is 4. The largest absolute Gasteiger partial charge is 0.394 e. The van der Waals surface area contributed by atoms with Crippen molar-refractivity contribution in [2.75, 3.05) is 13.2 Å². The van der Waals surface area contributed by atoms with Crippen LogP contribution in [0.2, 0.25) is 0 Å². The lowest BCUT2D eigenvalue weighted by Crippen LogP contribution is -2.17. The molecule has 0 aliphatic carbocycles. The van der Waals surface area contributed by atoms with Crippen molar-refractivity contribution in [1.29, 1.82) is 0 Å². The molecule has 0 aliphatic rings. The van der Waals surface area contributed by atoms with Crippen LogP contribution in [0.15, 0.2) is 0 Å². The van der Waals surface area contributed by atoms with E-state index >= 15 is 0 Å². The Morgan fingerprint density at radius 2 is 1.33 bits per heavy atom. The molecule has 4 nitrogen and oxygen atoms in total. The van der Waals surface area contributed by atoms with Gasteiger partial charge in [0.25, 0.3) is 0 Å². The van der Waals surface area contributed by atoms with E-state index in [1.807, 2.05) is 0 Å². The summed E-state index contributed by atoms with van der Waals surface area (Å²) in [5.74, 6) is 0. The predicted molar refractivity (Wildman–Crippen MR) is 103 cm³/mol. The van der Waals surface area contributed by atoms with Gasteiger partial charge < -0.3 is 14.7 Å². The van der Waals surface area contributed by atoms with Gasteiger partial charge in [0.2, 0.25) is 0 Å². The Hall–Kier alpha value is -0.0200. The van der Waals surface area contributed by atoms with Crippen LogP contribution in [0.1, 0.15) is 96.8 Å². The van der Waals surface area contributed by atoms with E-state index in [0.717, 1.165) is 12.8 Å². The molecule has 0 spiro atoms. The fraction of sp³-hybridized carbons (Fsp3) is 0.947. The molecule has 2 unspecified atom stereocenters. The molecule has 0 aromatic heterocycles. The summed E-state index contributed by atoms with van der Waals surface area (Å²) in [4.78, 5) is 11.6. The van der Waals surface area contributed by atoms with Crippen LogP contribution in [0.5, 0.6) is 0 Å². The molecule has 0 amide bonds. The van der Waals surface area contributed by atoms with Gasteiger partial charge in [0, 0.05) is 6.42 Å². The third-order valence-electron chi connectivity index (χ3n) is 4.18. The lowest BCUT2D eigenvalue weighted by Gasteiger charge is -2.07. The molecule has 0 fully saturated rings. The van der Waals surface area contributed by atoms with E-state index in [1.54, 1.807) is 0 Å². The van der Waals surface area contributed by atoms with Crippen molar-refractivity contribution in [3.63, 3.8) is 0 Å². The molecule has 0 heterocycles. The summed E-state index contributed by atoms with van der Waals surface area (Å²) >= 11 is 0. The molecule has 24 heavy (non-hydrogen) atoms. The maximum Gasteiger partial charge on any atom is 0.178 e. The summed E-state index contributed by atoms with van der Waals surface area (Å²) in [5.41, 5.74) is 0.114. The quantitative estimate of drug-likeness (QED) is 0.252. The summed E-state index contributed by atoms with van der Waals surface area (Å²) in [6.45, 7) is 1.98. The molecule has 0 aromatic carbocycles. The molecular weight excluding hydrogens is 323 g/mol.